The molecule has 0 saturated carbocycles. The first-order valence-electron chi connectivity index (χ1n) is 6.47. The average Bonchev–Trinajstić information content (AvgIpc) is 2.97. The topological polar surface area (TPSA) is 62.1 Å². The first kappa shape index (κ1) is 14.6. The number of nitrogens with zero attached hydrogens (tertiary/aromatic N) is 1. The van der Waals surface area contributed by atoms with E-state index in [9.17, 15) is 4.79 Å². The molecule has 5 heteroatoms. The van der Waals surface area contributed by atoms with Crippen LogP contribution in [0.4, 0.5) is 0 Å². The van der Waals surface area contributed by atoms with Gasteiger partial charge in [-0.1, -0.05) is 29.8 Å². The van der Waals surface area contributed by atoms with E-state index in [0.29, 0.717) is 17.1 Å². The van der Waals surface area contributed by atoms with E-state index in [1.54, 1.807) is 24.3 Å². The monoisotopic (exact) mass is 290 g/mol. The Morgan fingerprint density at radius 3 is 3.00 bits per heavy atom. The van der Waals surface area contributed by atoms with Crippen LogP contribution < -0.4 is 5.32 Å². The summed E-state index contributed by atoms with van der Waals surface area (Å²) >= 11 is 6.00. The SMILES string of the molecule is N#C/C(=C\c1ccccc1Cl)C(=O)NC[C@H]1CCCO1. The van der Waals surface area contributed by atoms with Gasteiger partial charge in [-0.05, 0) is 30.5 Å². The number of nitrogens with one attached hydrogen (secondary N) is 1. The Labute approximate surface area is 123 Å². The second-order valence-corrected chi connectivity index (χ2v) is 4.94. The van der Waals surface area contributed by atoms with Gasteiger partial charge in [-0.2, -0.15) is 5.26 Å². The smallest absolute Gasteiger partial charge is 0.262 e. The molecule has 20 heavy (non-hydrogen) atoms. The van der Waals surface area contributed by atoms with E-state index in [4.69, 9.17) is 21.6 Å². The van der Waals surface area contributed by atoms with Crippen LogP contribution in [0, 0.1) is 11.3 Å². The second kappa shape index (κ2) is 7.09. The molecule has 104 valence electrons. The molecule has 0 aromatic heterocycles. The fourth-order valence-corrected chi connectivity index (χ4v) is 2.19. The summed E-state index contributed by atoms with van der Waals surface area (Å²) in [5.41, 5.74) is 0.689. The molecular weight excluding hydrogens is 276 g/mol. The van der Waals surface area contributed by atoms with Crippen molar-refractivity contribution in [1.82, 2.24) is 5.32 Å². The predicted molar refractivity (Wildman–Crippen MR) is 77.0 cm³/mol. The number of hydrogen-bond donors (Lipinski definition) is 1. The molecule has 0 unspecified atom stereocenters. The molecule has 2 rings (SSSR count). The Balaban J connectivity index is 2.02. The number of rotatable bonds is 4. The van der Waals surface area contributed by atoms with Gasteiger partial charge in [-0.15, -0.1) is 0 Å². The molecule has 1 aliphatic rings. The quantitative estimate of drug-likeness (QED) is 0.685. The third kappa shape index (κ3) is 3.83. The molecular formula is C15H15ClN2O2. The minimum Gasteiger partial charge on any atom is -0.376 e. The second-order valence-electron chi connectivity index (χ2n) is 4.54. The van der Waals surface area contributed by atoms with Crippen LogP contribution in [-0.2, 0) is 9.53 Å². The van der Waals surface area contributed by atoms with Gasteiger partial charge in [0, 0.05) is 18.2 Å². The predicted octanol–water partition coefficient (Wildman–Crippen LogP) is 2.54. The summed E-state index contributed by atoms with van der Waals surface area (Å²) in [5.74, 6) is -0.400. The van der Waals surface area contributed by atoms with Crippen molar-refractivity contribution in [2.24, 2.45) is 0 Å². The van der Waals surface area contributed by atoms with E-state index < -0.39 is 5.91 Å². The summed E-state index contributed by atoms with van der Waals surface area (Å²) in [6.07, 6.45) is 3.50. The van der Waals surface area contributed by atoms with Crippen molar-refractivity contribution in [1.29, 1.82) is 5.26 Å². The fourth-order valence-electron chi connectivity index (χ4n) is 2.00. The van der Waals surface area contributed by atoms with Crippen LogP contribution >= 0.6 is 11.6 Å². The average molecular weight is 291 g/mol. The van der Waals surface area contributed by atoms with E-state index in [0.717, 1.165) is 19.4 Å². The summed E-state index contributed by atoms with van der Waals surface area (Å²) in [4.78, 5) is 11.9. The number of nitriles is 1. The van der Waals surface area contributed by atoms with Crippen LogP contribution in [-0.4, -0.2) is 25.2 Å². The molecule has 1 aliphatic heterocycles. The van der Waals surface area contributed by atoms with Crippen molar-refractivity contribution in [2.45, 2.75) is 18.9 Å². The van der Waals surface area contributed by atoms with Gasteiger partial charge < -0.3 is 10.1 Å². The third-order valence-corrected chi connectivity index (χ3v) is 3.43. The molecule has 0 bridgehead atoms. The normalized spacial score (nSPS) is 18.6. The Bertz CT molecular complexity index is 557. The van der Waals surface area contributed by atoms with Crippen LogP contribution in [0.15, 0.2) is 29.8 Å². The third-order valence-electron chi connectivity index (χ3n) is 3.08. The van der Waals surface area contributed by atoms with Gasteiger partial charge in [-0.3, -0.25) is 4.79 Å². The Morgan fingerprint density at radius 2 is 2.35 bits per heavy atom. The Morgan fingerprint density at radius 1 is 1.55 bits per heavy atom. The summed E-state index contributed by atoms with van der Waals surface area (Å²) in [6.45, 7) is 1.17. The van der Waals surface area contributed by atoms with Crippen LogP contribution in [0.3, 0.4) is 0 Å². The van der Waals surface area contributed by atoms with Crippen molar-refractivity contribution in [2.75, 3.05) is 13.2 Å². The maximum Gasteiger partial charge on any atom is 0.262 e. The molecule has 1 heterocycles. The standard InChI is InChI=1S/C15H15ClN2O2/c16-14-6-2-1-4-11(14)8-12(9-17)15(19)18-10-13-5-3-7-20-13/h1-2,4,6,8,13H,3,5,7,10H2,(H,18,19)/b12-8+/t13-/m1/s1. The van der Waals surface area contributed by atoms with Gasteiger partial charge in [0.25, 0.3) is 5.91 Å². The highest BCUT2D eigenvalue weighted by molar-refractivity contribution is 6.32. The van der Waals surface area contributed by atoms with Crippen LogP contribution in [0.2, 0.25) is 5.02 Å². The molecule has 1 N–H and O–H groups in total. The van der Waals surface area contributed by atoms with Gasteiger partial charge in [0.05, 0.1) is 6.10 Å². The van der Waals surface area contributed by atoms with E-state index in [1.165, 1.54) is 6.08 Å². The first-order valence-corrected chi connectivity index (χ1v) is 6.84. The molecule has 1 aromatic rings. The van der Waals surface area contributed by atoms with Gasteiger partial charge in [0.1, 0.15) is 11.6 Å². The Hall–Kier alpha value is -1.83. The lowest BCUT2D eigenvalue weighted by atomic mass is 10.1. The zero-order chi connectivity index (χ0) is 14.4. The first-order chi connectivity index (χ1) is 9.70. The number of hydrogen-bond acceptors (Lipinski definition) is 3. The highest BCUT2D eigenvalue weighted by Gasteiger charge is 2.17. The lowest BCUT2D eigenvalue weighted by Gasteiger charge is -2.10. The molecule has 0 aliphatic carbocycles. The molecule has 0 spiro atoms. The number of ether oxygens (including phenoxy) is 1. The van der Waals surface area contributed by atoms with Crippen molar-refractivity contribution in [3.05, 3.63) is 40.4 Å². The van der Waals surface area contributed by atoms with E-state index >= 15 is 0 Å². The number of amides is 1. The summed E-state index contributed by atoms with van der Waals surface area (Å²) in [5, 5.41) is 12.3. The number of halogens is 1. The van der Waals surface area contributed by atoms with Crippen molar-refractivity contribution >= 4 is 23.6 Å². The van der Waals surface area contributed by atoms with Gasteiger partial charge in [0.15, 0.2) is 0 Å². The fraction of sp³-hybridized carbons (Fsp3) is 0.333. The Kier molecular flexibility index (Phi) is 5.16. The number of carbonyl (C=O) groups is 1. The van der Waals surface area contributed by atoms with Gasteiger partial charge in [0.2, 0.25) is 0 Å². The lowest BCUT2D eigenvalue weighted by Crippen LogP contribution is -2.32. The van der Waals surface area contributed by atoms with Gasteiger partial charge in [-0.25, -0.2) is 0 Å². The lowest BCUT2D eigenvalue weighted by molar-refractivity contribution is -0.117. The highest BCUT2D eigenvalue weighted by Crippen LogP contribution is 2.18. The number of benzene rings is 1. The zero-order valence-corrected chi connectivity index (χ0v) is 11.7. The minimum atomic E-state index is -0.400. The molecule has 1 amide bonds. The van der Waals surface area contributed by atoms with Crippen LogP contribution in [0.1, 0.15) is 18.4 Å². The van der Waals surface area contributed by atoms with Crippen molar-refractivity contribution in [3.8, 4) is 6.07 Å². The molecule has 1 aromatic carbocycles. The maximum atomic E-state index is 11.9. The molecule has 1 saturated heterocycles. The van der Waals surface area contributed by atoms with Crippen molar-refractivity contribution < 1.29 is 9.53 Å². The maximum absolute atomic E-state index is 11.9. The van der Waals surface area contributed by atoms with E-state index in [2.05, 4.69) is 5.32 Å². The summed E-state index contributed by atoms with van der Waals surface area (Å²) in [6, 6.07) is 8.97. The molecule has 1 atom stereocenters. The molecule has 4 nitrogen and oxygen atoms in total. The zero-order valence-electron chi connectivity index (χ0n) is 10.9. The molecule has 0 radical (unpaired) electrons. The minimum absolute atomic E-state index is 0.0381. The number of carbonyl (C=O) groups excluding carboxylic acids is 1. The van der Waals surface area contributed by atoms with E-state index in [1.807, 2.05) is 6.07 Å². The van der Waals surface area contributed by atoms with Crippen LogP contribution in [0.25, 0.3) is 6.08 Å². The summed E-state index contributed by atoms with van der Waals surface area (Å²) < 4.78 is 5.42. The van der Waals surface area contributed by atoms with Crippen molar-refractivity contribution in [3.63, 3.8) is 0 Å². The van der Waals surface area contributed by atoms with E-state index in [-0.39, 0.29) is 11.7 Å². The van der Waals surface area contributed by atoms with Crippen LogP contribution in [0.5, 0.6) is 0 Å². The largest absolute Gasteiger partial charge is 0.376 e. The summed E-state index contributed by atoms with van der Waals surface area (Å²) in [7, 11) is 0. The highest BCUT2D eigenvalue weighted by atomic mass is 35.5. The van der Waals surface area contributed by atoms with Gasteiger partial charge >= 0.3 is 0 Å². The molecule has 1 fully saturated rings.